The smallest absolute Gasteiger partial charge is 0.265 e. The van der Waals surface area contributed by atoms with Gasteiger partial charge in [-0.25, -0.2) is 4.57 Å². The summed E-state index contributed by atoms with van der Waals surface area (Å²) in [6, 6.07) is 24.2. The summed E-state index contributed by atoms with van der Waals surface area (Å²) in [5.74, 6) is 0.908. The quantitative estimate of drug-likeness (QED) is 0.336. The summed E-state index contributed by atoms with van der Waals surface area (Å²) in [7, 11) is 0. The lowest BCUT2D eigenvalue weighted by atomic mass is 10.1. The second-order valence-electron chi connectivity index (χ2n) is 7.36. The molecule has 5 aromatic rings. The number of phenols is 1. The molecule has 0 fully saturated rings. The van der Waals surface area contributed by atoms with Gasteiger partial charge in [0.05, 0.1) is 0 Å². The Hall–Kier alpha value is -4.19. The van der Waals surface area contributed by atoms with Crippen molar-refractivity contribution < 1.29 is 18.9 Å². The third-order valence-electron chi connectivity index (χ3n) is 5.20. The van der Waals surface area contributed by atoms with Crippen LogP contribution in [0.1, 0.15) is 15.9 Å². The molecule has 1 N–H and O–H groups in total. The lowest BCUT2D eigenvalue weighted by Gasteiger charge is -2.01. The summed E-state index contributed by atoms with van der Waals surface area (Å²) in [6.07, 6.45) is 3.46. The summed E-state index contributed by atoms with van der Waals surface area (Å²) in [5.41, 5.74) is 3.43. The van der Waals surface area contributed by atoms with E-state index in [1.807, 2.05) is 60.9 Å². The van der Waals surface area contributed by atoms with E-state index >= 15 is 0 Å². The molecule has 31 heavy (non-hydrogen) atoms. The van der Waals surface area contributed by atoms with Crippen molar-refractivity contribution in [3.8, 4) is 17.1 Å². The van der Waals surface area contributed by atoms with Crippen LogP contribution < -0.4 is 4.57 Å². The molecule has 0 saturated carbocycles. The van der Waals surface area contributed by atoms with Crippen molar-refractivity contribution in [1.29, 1.82) is 0 Å². The van der Waals surface area contributed by atoms with E-state index in [1.165, 1.54) is 12.1 Å². The van der Waals surface area contributed by atoms with Crippen LogP contribution in [-0.2, 0) is 13.1 Å². The molecule has 3 aromatic carbocycles. The van der Waals surface area contributed by atoms with E-state index < -0.39 is 0 Å². The van der Waals surface area contributed by atoms with E-state index in [-0.39, 0.29) is 18.1 Å². The number of hydrogen-bond acceptors (Lipinski definition) is 4. The van der Waals surface area contributed by atoms with Crippen molar-refractivity contribution in [2.45, 2.75) is 13.1 Å². The number of phenolic OH excluding ortho intramolecular Hbond substituents is 1. The zero-order valence-corrected chi connectivity index (χ0v) is 16.7. The number of Topliss-reactive ketones (excluding diaryl/α,β-unsaturated/α-hetero) is 1. The third kappa shape index (κ3) is 3.83. The summed E-state index contributed by atoms with van der Waals surface area (Å²) in [4.78, 5) is 12.5. The van der Waals surface area contributed by atoms with E-state index in [0.717, 1.165) is 27.9 Å². The average molecular weight is 410 g/mol. The maximum Gasteiger partial charge on any atom is 0.265 e. The van der Waals surface area contributed by atoms with E-state index in [0.29, 0.717) is 12.1 Å². The second kappa shape index (κ2) is 7.91. The predicted molar refractivity (Wildman–Crippen MR) is 116 cm³/mol. The molecule has 0 unspecified atom stereocenters. The minimum atomic E-state index is -0.0525. The van der Waals surface area contributed by atoms with Gasteiger partial charge in [0.15, 0.2) is 5.78 Å². The van der Waals surface area contributed by atoms with Gasteiger partial charge in [0.1, 0.15) is 30.2 Å². The highest BCUT2D eigenvalue weighted by atomic mass is 16.3. The number of aromatic nitrogens is 3. The first-order valence-corrected chi connectivity index (χ1v) is 9.97. The van der Waals surface area contributed by atoms with Crippen LogP contribution >= 0.6 is 0 Å². The molecule has 152 valence electrons. The van der Waals surface area contributed by atoms with Crippen LogP contribution in [0.15, 0.2) is 95.9 Å². The van der Waals surface area contributed by atoms with E-state index in [1.54, 1.807) is 27.7 Å². The number of aromatic hydroxyl groups is 1. The zero-order valence-electron chi connectivity index (χ0n) is 16.7. The number of fused-ring (bicyclic) bond motifs is 1. The first-order chi connectivity index (χ1) is 15.2. The maximum absolute atomic E-state index is 12.5. The zero-order chi connectivity index (χ0) is 21.2. The Morgan fingerprint density at radius 1 is 0.968 bits per heavy atom. The Kier molecular flexibility index (Phi) is 4.80. The number of para-hydroxylation sites is 1. The van der Waals surface area contributed by atoms with Gasteiger partial charge in [-0.1, -0.05) is 48.5 Å². The molecular weight excluding hydrogens is 390 g/mol. The van der Waals surface area contributed by atoms with Crippen molar-refractivity contribution in [3.63, 3.8) is 0 Å². The number of carbonyl (C=O) groups excluding carboxylic acids is 1. The van der Waals surface area contributed by atoms with E-state index in [4.69, 9.17) is 4.42 Å². The molecule has 2 heterocycles. The molecule has 0 aliphatic heterocycles. The third-order valence-corrected chi connectivity index (χ3v) is 5.20. The molecule has 0 saturated heterocycles. The molecule has 0 amide bonds. The molecule has 0 aliphatic rings. The van der Waals surface area contributed by atoms with Gasteiger partial charge in [-0.3, -0.25) is 4.79 Å². The van der Waals surface area contributed by atoms with Gasteiger partial charge in [0.2, 0.25) is 6.33 Å². The Morgan fingerprint density at radius 3 is 2.52 bits per heavy atom. The highest BCUT2D eigenvalue weighted by Crippen LogP contribution is 2.33. The summed E-state index contributed by atoms with van der Waals surface area (Å²) >= 11 is 0. The normalized spacial score (nSPS) is 11.1. The van der Waals surface area contributed by atoms with Crippen LogP contribution in [0.4, 0.5) is 0 Å². The van der Waals surface area contributed by atoms with Gasteiger partial charge in [-0.05, 0) is 30.3 Å². The fraction of sp³-hybridized carbons (Fsp3) is 0.0800. The molecule has 0 radical (unpaired) electrons. The highest BCUT2D eigenvalue weighted by molar-refractivity contribution is 5.95. The van der Waals surface area contributed by atoms with Gasteiger partial charge in [-0.2, -0.15) is 0 Å². The van der Waals surface area contributed by atoms with Gasteiger partial charge in [-0.15, -0.1) is 4.68 Å². The number of furan rings is 1. The van der Waals surface area contributed by atoms with Crippen LogP contribution in [-0.4, -0.2) is 20.7 Å². The molecule has 6 heteroatoms. The maximum atomic E-state index is 12.5. The van der Waals surface area contributed by atoms with Crippen LogP contribution in [0.5, 0.6) is 5.75 Å². The lowest BCUT2D eigenvalue weighted by Crippen LogP contribution is -2.35. The van der Waals surface area contributed by atoms with E-state index in [9.17, 15) is 9.90 Å². The Morgan fingerprint density at radius 2 is 1.71 bits per heavy atom. The number of benzene rings is 3. The second-order valence-corrected chi connectivity index (χ2v) is 7.36. The predicted octanol–water partition coefficient (Wildman–Crippen LogP) is 4.22. The fourth-order valence-electron chi connectivity index (χ4n) is 3.67. The van der Waals surface area contributed by atoms with Gasteiger partial charge >= 0.3 is 0 Å². The molecule has 0 atom stereocenters. The highest BCUT2D eigenvalue weighted by Gasteiger charge is 2.19. The average Bonchev–Trinajstić information content (AvgIpc) is 3.39. The number of hydrogen-bond donors (Lipinski definition) is 1. The number of rotatable bonds is 6. The SMILES string of the molecule is O=C(C[n+]1cnn(Cc2c(-c3ccccc3)oc3ccccc23)c1)c1ccc(O)cc1. The largest absolute Gasteiger partial charge is 0.508 e. The van der Waals surface area contributed by atoms with Crippen molar-refractivity contribution in [3.05, 3.63) is 103 Å². The Balaban J connectivity index is 1.43. The molecule has 0 spiro atoms. The van der Waals surface area contributed by atoms with Crippen molar-refractivity contribution in [2.75, 3.05) is 0 Å². The van der Waals surface area contributed by atoms with Gasteiger partial charge in [0.25, 0.3) is 6.33 Å². The monoisotopic (exact) mass is 410 g/mol. The number of carbonyl (C=O) groups is 1. The minimum absolute atomic E-state index is 0.0525. The van der Waals surface area contributed by atoms with Crippen molar-refractivity contribution >= 4 is 16.8 Å². The first kappa shape index (κ1) is 18.8. The fourth-order valence-corrected chi connectivity index (χ4v) is 3.67. The summed E-state index contributed by atoms with van der Waals surface area (Å²) in [5, 5.41) is 14.9. The Labute approximate surface area is 178 Å². The molecule has 0 aliphatic carbocycles. The van der Waals surface area contributed by atoms with Crippen LogP contribution in [0, 0.1) is 0 Å². The van der Waals surface area contributed by atoms with Crippen molar-refractivity contribution in [1.82, 2.24) is 9.78 Å². The molecule has 0 bridgehead atoms. The first-order valence-electron chi connectivity index (χ1n) is 9.97. The van der Waals surface area contributed by atoms with Gasteiger partial charge < -0.3 is 9.52 Å². The van der Waals surface area contributed by atoms with Crippen LogP contribution in [0.2, 0.25) is 0 Å². The van der Waals surface area contributed by atoms with Gasteiger partial charge in [0, 0.05) is 27.2 Å². The molecule has 5 rings (SSSR count). The minimum Gasteiger partial charge on any atom is -0.508 e. The molecule has 6 nitrogen and oxygen atoms in total. The Bertz CT molecular complexity index is 1350. The summed E-state index contributed by atoms with van der Waals surface area (Å²) < 4.78 is 9.72. The van der Waals surface area contributed by atoms with Crippen molar-refractivity contribution in [2.24, 2.45) is 0 Å². The van der Waals surface area contributed by atoms with E-state index in [2.05, 4.69) is 5.10 Å². The number of nitrogens with zero attached hydrogens (tertiary/aromatic N) is 3. The number of ketones is 1. The van der Waals surface area contributed by atoms with Crippen LogP contribution in [0.25, 0.3) is 22.3 Å². The standard InChI is InChI=1S/C25H19N3O3/c29-20-12-10-18(11-13-20)23(30)15-27-16-26-28(17-27)14-22-21-8-4-5-9-24(21)31-25(22)19-6-2-1-3-7-19/h1-13,16-17H,14-15H2/p+1. The molecule has 2 aromatic heterocycles. The van der Waals surface area contributed by atoms with Crippen LogP contribution in [0.3, 0.4) is 0 Å². The molecular formula is C25H20N3O3+. The topological polar surface area (TPSA) is 72.1 Å². The lowest BCUT2D eigenvalue weighted by molar-refractivity contribution is -0.683. The summed E-state index contributed by atoms with van der Waals surface area (Å²) in [6.45, 7) is 0.685.